The highest BCUT2D eigenvalue weighted by molar-refractivity contribution is 5.21. The van der Waals surface area contributed by atoms with Crippen molar-refractivity contribution in [3.63, 3.8) is 0 Å². The van der Waals surface area contributed by atoms with Gasteiger partial charge in [0.25, 0.3) is 0 Å². The van der Waals surface area contributed by atoms with Crippen molar-refractivity contribution in [2.75, 3.05) is 19.8 Å². The molecule has 112 valence electrons. The summed E-state index contributed by atoms with van der Waals surface area (Å²) in [6.07, 6.45) is -0.00738. The molecule has 1 aliphatic rings. The van der Waals surface area contributed by atoms with Gasteiger partial charge in [0.15, 0.2) is 0 Å². The standard InChI is InChI=1S/C15H20F2O3/c1-2-20-15(6-8-19-9-7-15)14(18)10-11-12(16)4-3-5-13(11)17/h3-5,14,18H,2,6-10H2,1H3. The van der Waals surface area contributed by atoms with Gasteiger partial charge in [-0.2, -0.15) is 0 Å². The largest absolute Gasteiger partial charge is 0.390 e. The number of benzene rings is 1. The lowest BCUT2D eigenvalue weighted by Crippen LogP contribution is -2.50. The Morgan fingerprint density at radius 1 is 1.30 bits per heavy atom. The zero-order valence-electron chi connectivity index (χ0n) is 11.6. The molecule has 3 nitrogen and oxygen atoms in total. The van der Waals surface area contributed by atoms with Crippen LogP contribution in [0.4, 0.5) is 8.78 Å². The Morgan fingerprint density at radius 3 is 2.45 bits per heavy atom. The number of hydrogen-bond donors (Lipinski definition) is 1. The third kappa shape index (κ3) is 3.16. The van der Waals surface area contributed by atoms with Gasteiger partial charge < -0.3 is 14.6 Å². The maximum Gasteiger partial charge on any atom is 0.129 e. The average Bonchev–Trinajstić information content (AvgIpc) is 2.44. The van der Waals surface area contributed by atoms with Gasteiger partial charge in [-0.25, -0.2) is 8.78 Å². The second-order valence-corrected chi connectivity index (χ2v) is 5.03. The summed E-state index contributed by atoms with van der Waals surface area (Å²) in [7, 11) is 0. The summed E-state index contributed by atoms with van der Waals surface area (Å²) in [4.78, 5) is 0. The van der Waals surface area contributed by atoms with E-state index >= 15 is 0 Å². The quantitative estimate of drug-likeness (QED) is 0.903. The van der Waals surface area contributed by atoms with E-state index in [1.54, 1.807) is 0 Å². The summed E-state index contributed by atoms with van der Waals surface area (Å²) in [5.41, 5.74) is -0.868. The molecule has 1 heterocycles. The van der Waals surface area contributed by atoms with Crippen LogP contribution in [0.1, 0.15) is 25.3 Å². The molecule has 0 amide bonds. The second-order valence-electron chi connectivity index (χ2n) is 5.03. The smallest absolute Gasteiger partial charge is 0.129 e. The predicted molar refractivity (Wildman–Crippen MR) is 70.5 cm³/mol. The van der Waals surface area contributed by atoms with Gasteiger partial charge in [-0.1, -0.05) is 6.07 Å². The zero-order chi connectivity index (χ0) is 14.6. The Morgan fingerprint density at radius 2 is 1.90 bits per heavy atom. The monoisotopic (exact) mass is 286 g/mol. The summed E-state index contributed by atoms with van der Waals surface area (Å²) in [6, 6.07) is 3.71. The highest BCUT2D eigenvalue weighted by Crippen LogP contribution is 2.31. The Kier molecular flexibility index (Phi) is 5.07. The summed E-state index contributed by atoms with van der Waals surface area (Å²) >= 11 is 0. The highest BCUT2D eigenvalue weighted by atomic mass is 19.1. The van der Waals surface area contributed by atoms with E-state index in [2.05, 4.69) is 0 Å². The number of aliphatic hydroxyl groups excluding tert-OH is 1. The van der Waals surface area contributed by atoms with Crippen molar-refractivity contribution in [1.82, 2.24) is 0 Å². The fraction of sp³-hybridized carbons (Fsp3) is 0.600. The molecule has 0 radical (unpaired) electrons. The van der Waals surface area contributed by atoms with Crippen LogP contribution in [0.5, 0.6) is 0 Å². The second kappa shape index (κ2) is 6.61. The Hall–Kier alpha value is -1.04. The SMILES string of the molecule is CCOC1(C(O)Cc2c(F)cccc2F)CCOCC1. The van der Waals surface area contributed by atoms with E-state index in [1.165, 1.54) is 18.2 Å². The van der Waals surface area contributed by atoms with Gasteiger partial charge in [-0.3, -0.25) is 0 Å². The maximum absolute atomic E-state index is 13.7. The van der Waals surface area contributed by atoms with Crippen molar-refractivity contribution in [2.45, 2.75) is 37.9 Å². The van der Waals surface area contributed by atoms with E-state index in [-0.39, 0.29) is 12.0 Å². The van der Waals surface area contributed by atoms with Crippen LogP contribution >= 0.6 is 0 Å². The van der Waals surface area contributed by atoms with Crippen LogP contribution in [0.25, 0.3) is 0 Å². The van der Waals surface area contributed by atoms with Crippen molar-refractivity contribution in [3.05, 3.63) is 35.4 Å². The van der Waals surface area contributed by atoms with Crippen molar-refractivity contribution < 1.29 is 23.4 Å². The third-order valence-electron chi connectivity index (χ3n) is 3.84. The topological polar surface area (TPSA) is 38.7 Å². The first-order valence-electron chi connectivity index (χ1n) is 6.92. The molecule has 0 spiro atoms. The highest BCUT2D eigenvalue weighted by Gasteiger charge is 2.41. The molecular weight excluding hydrogens is 266 g/mol. The molecule has 0 aliphatic carbocycles. The molecule has 20 heavy (non-hydrogen) atoms. The summed E-state index contributed by atoms with van der Waals surface area (Å²) in [6.45, 7) is 3.25. The Bertz CT molecular complexity index is 419. The fourth-order valence-electron chi connectivity index (χ4n) is 2.68. The maximum atomic E-state index is 13.7. The van der Waals surface area contributed by atoms with Gasteiger partial charge >= 0.3 is 0 Å². The molecule has 0 bridgehead atoms. The van der Waals surface area contributed by atoms with Crippen molar-refractivity contribution >= 4 is 0 Å². The minimum Gasteiger partial charge on any atom is -0.390 e. The average molecular weight is 286 g/mol. The minimum atomic E-state index is -0.960. The number of aliphatic hydroxyl groups is 1. The number of ether oxygens (including phenoxy) is 2. The van der Waals surface area contributed by atoms with Crippen LogP contribution in [0, 0.1) is 11.6 Å². The molecular formula is C15H20F2O3. The van der Waals surface area contributed by atoms with E-state index < -0.39 is 23.3 Å². The van der Waals surface area contributed by atoms with E-state index in [9.17, 15) is 13.9 Å². The molecule has 1 aromatic rings. The van der Waals surface area contributed by atoms with Crippen molar-refractivity contribution in [1.29, 1.82) is 0 Å². The van der Waals surface area contributed by atoms with E-state index in [0.717, 1.165) is 0 Å². The van der Waals surface area contributed by atoms with Gasteiger partial charge in [0.1, 0.15) is 11.6 Å². The molecule has 1 N–H and O–H groups in total. The van der Waals surface area contributed by atoms with Crippen LogP contribution in [0.3, 0.4) is 0 Å². The molecule has 1 fully saturated rings. The molecule has 1 saturated heterocycles. The third-order valence-corrected chi connectivity index (χ3v) is 3.84. The van der Waals surface area contributed by atoms with Gasteiger partial charge in [0, 0.05) is 44.6 Å². The number of halogens is 2. The summed E-state index contributed by atoms with van der Waals surface area (Å²) < 4.78 is 38.3. The van der Waals surface area contributed by atoms with Crippen LogP contribution in [-0.2, 0) is 15.9 Å². The van der Waals surface area contributed by atoms with Gasteiger partial charge in [-0.05, 0) is 19.1 Å². The molecule has 1 aromatic carbocycles. The molecule has 1 atom stereocenters. The van der Waals surface area contributed by atoms with Crippen LogP contribution in [0.15, 0.2) is 18.2 Å². The first kappa shape index (κ1) is 15.4. The van der Waals surface area contributed by atoms with E-state index in [0.29, 0.717) is 32.7 Å². The normalized spacial score (nSPS) is 19.8. The molecule has 0 saturated carbocycles. The van der Waals surface area contributed by atoms with Crippen LogP contribution < -0.4 is 0 Å². The van der Waals surface area contributed by atoms with Crippen LogP contribution in [0.2, 0.25) is 0 Å². The van der Waals surface area contributed by atoms with Gasteiger partial charge in [0.05, 0.1) is 11.7 Å². The summed E-state index contributed by atoms with van der Waals surface area (Å²) in [5, 5.41) is 10.4. The van der Waals surface area contributed by atoms with E-state index in [1.807, 2.05) is 6.92 Å². The molecule has 1 aliphatic heterocycles. The lowest BCUT2D eigenvalue weighted by molar-refractivity contribution is -0.165. The van der Waals surface area contributed by atoms with E-state index in [4.69, 9.17) is 9.47 Å². The Labute approximate surface area is 117 Å². The van der Waals surface area contributed by atoms with Crippen molar-refractivity contribution in [3.8, 4) is 0 Å². The first-order valence-corrected chi connectivity index (χ1v) is 6.92. The number of hydrogen-bond acceptors (Lipinski definition) is 3. The lowest BCUT2D eigenvalue weighted by Gasteiger charge is -2.40. The van der Waals surface area contributed by atoms with Crippen LogP contribution in [-0.4, -0.2) is 36.6 Å². The van der Waals surface area contributed by atoms with Gasteiger partial charge in [0.2, 0.25) is 0 Å². The molecule has 1 unspecified atom stereocenters. The molecule has 2 rings (SSSR count). The Balaban J connectivity index is 2.18. The predicted octanol–water partition coefficient (Wildman–Crippen LogP) is 2.45. The first-order chi connectivity index (χ1) is 9.59. The fourth-order valence-corrected chi connectivity index (χ4v) is 2.68. The zero-order valence-corrected chi connectivity index (χ0v) is 11.6. The molecule has 0 aromatic heterocycles. The minimum absolute atomic E-state index is 0.0921. The summed E-state index contributed by atoms with van der Waals surface area (Å²) in [5.74, 6) is -1.27. The lowest BCUT2D eigenvalue weighted by atomic mass is 9.84. The van der Waals surface area contributed by atoms with Crippen molar-refractivity contribution in [2.24, 2.45) is 0 Å². The number of rotatable bonds is 5. The van der Waals surface area contributed by atoms with Gasteiger partial charge in [-0.15, -0.1) is 0 Å². The molecule has 5 heteroatoms.